The van der Waals surface area contributed by atoms with Crippen molar-refractivity contribution in [3.63, 3.8) is 0 Å². The Morgan fingerprint density at radius 1 is 1.21 bits per heavy atom. The maximum Gasteiger partial charge on any atom is 0.339 e. The highest BCUT2D eigenvalue weighted by Gasteiger charge is 2.03. The Bertz CT molecular complexity index is 447. The van der Waals surface area contributed by atoms with E-state index in [1.165, 1.54) is 0 Å². The van der Waals surface area contributed by atoms with Crippen LogP contribution in [-0.4, -0.2) is 15.8 Å². The molecule has 2 rings (SSSR count). The highest BCUT2D eigenvalue weighted by atomic mass is 16.2. The predicted octanol–water partition coefficient (Wildman–Crippen LogP) is 1.48. The summed E-state index contributed by atoms with van der Waals surface area (Å²) in [5.74, 6) is 0. The van der Waals surface area contributed by atoms with E-state index in [1.807, 2.05) is 30.3 Å². The second-order valence-electron chi connectivity index (χ2n) is 2.88. The number of carbonyl (C=O) groups excluding carboxylic acids is 1. The first-order valence-corrected chi connectivity index (χ1v) is 4.17. The van der Waals surface area contributed by atoms with Gasteiger partial charge in [-0.15, -0.1) is 0 Å². The minimum Gasteiger partial charge on any atom is -0.350 e. The maximum atomic E-state index is 10.8. The quantitative estimate of drug-likeness (QED) is 0.734. The SMILES string of the molecule is NC(=O)n1cc(-c2ccccc2)cn1. The van der Waals surface area contributed by atoms with Gasteiger partial charge in [0.15, 0.2) is 0 Å². The maximum absolute atomic E-state index is 10.8. The van der Waals surface area contributed by atoms with Crippen LogP contribution < -0.4 is 5.73 Å². The molecule has 0 aliphatic carbocycles. The molecule has 0 unspecified atom stereocenters. The molecule has 2 N–H and O–H groups in total. The van der Waals surface area contributed by atoms with Gasteiger partial charge in [-0.1, -0.05) is 30.3 Å². The van der Waals surface area contributed by atoms with E-state index in [0.717, 1.165) is 15.8 Å². The molecule has 0 spiro atoms. The van der Waals surface area contributed by atoms with Crippen LogP contribution in [0.5, 0.6) is 0 Å². The summed E-state index contributed by atoms with van der Waals surface area (Å²) in [5.41, 5.74) is 6.96. The molecule has 0 aliphatic heterocycles. The van der Waals surface area contributed by atoms with Crippen LogP contribution in [0.2, 0.25) is 0 Å². The zero-order valence-electron chi connectivity index (χ0n) is 7.42. The van der Waals surface area contributed by atoms with Gasteiger partial charge in [-0.05, 0) is 5.56 Å². The number of nitrogens with two attached hydrogens (primary N) is 1. The Balaban J connectivity index is 2.39. The molecule has 0 aliphatic rings. The van der Waals surface area contributed by atoms with Gasteiger partial charge < -0.3 is 5.73 Å². The van der Waals surface area contributed by atoms with Crippen LogP contribution >= 0.6 is 0 Å². The summed E-state index contributed by atoms with van der Waals surface area (Å²) >= 11 is 0. The van der Waals surface area contributed by atoms with Gasteiger partial charge in [0.1, 0.15) is 0 Å². The van der Waals surface area contributed by atoms with Gasteiger partial charge in [0, 0.05) is 11.8 Å². The Morgan fingerprint density at radius 2 is 1.93 bits per heavy atom. The second-order valence-corrected chi connectivity index (χ2v) is 2.88. The first kappa shape index (κ1) is 8.50. The number of nitrogens with zero attached hydrogens (tertiary/aromatic N) is 2. The summed E-state index contributed by atoms with van der Waals surface area (Å²) in [5, 5.41) is 3.83. The van der Waals surface area contributed by atoms with Crippen molar-refractivity contribution in [1.82, 2.24) is 9.78 Å². The molecule has 0 atom stereocenters. The van der Waals surface area contributed by atoms with Crippen LogP contribution in [0.3, 0.4) is 0 Å². The Hall–Kier alpha value is -2.10. The monoisotopic (exact) mass is 187 g/mol. The van der Waals surface area contributed by atoms with E-state index in [4.69, 9.17) is 5.73 Å². The number of benzene rings is 1. The summed E-state index contributed by atoms with van der Waals surface area (Å²) in [6.45, 7) is 0. The third-order valence-electron chi connectivity index (χ3n) is 1.92. The molecule has 14 heavy (non-hydrogen) atoms. The largest absolute Gasteiger partial charge is 0.350 e. The highest BCUT2D eigenvalue weighted by Crippen LogP contribution is 2.16. The number of hydrogen-bond donors (Lipinski definition) is 1. The van der Waals surface area contributed by atoms with E-state index in [1.54, 1.807) is 12.4 Å². The molecule has 0 saturated heterocycles. The van der Waals surface area contributed by atoms with Crippen LogP contribution in [0.1, 0.15) is 0 Å². The van der Waals surface area contributed by atoms with Crippen molar-refractivity contribution in [2.24, 2.45) is 5.73 Å². The lowest BCUT2D eigenvalue weighted by Gasteiger charge is -1.94. The summed E-state index contributed by atoms with van der Waals surface area (Å²) < 4.78 is 1.11. The Labute approximate surface area is 81.0 Å². The molecule has 0 fully saturated rings. The fourth-order valence-electron chi connectivity index (χ4n) is 1.22. The molecule has 0 saturated carbocycles. The van der Waals surface area contributed by atoms with Gasteiger partial charge in [-0.2, -0.15) is 9.78 Å². The van der Waals surface area contributed by atoms with Crippen molar-refractivity contribution in [3.05, 3.63) is 42.7 Å². The van der Waals surface area contributed by atoms with Crippen molar-refractivity contribution >= 4 is 6.03 Å². The van der Waals surface area contributed by atoms with E-state index in [9.17, 15) is 4.79 Å². The molecule has 4 nitrogen and oxygen atoms in total. The summed E-state index contributed by atoms with van der Waals surface area (Å²) in [6, 6.07) is 9.10. The molecule has 1 amide bonds. The summed E-state index contributed by atoms with van der Waals surface area (Å²) in [7, 11) is 0. The van der Waals surface area contributed by atoms with E-state index in [-0.39, 0.29) is 0 Å². The van der Waals surface area contributed by atoms with Crippen LogP contribution in [0.25, 0.3) is 11.1 Å². The van der Waals surface area contributed by atoms with E-state index in [2.05, 4.69) is 5.10 Å². The molecule has 1 aromatic carbocycles. The summed E-state index contributed by atoms with van der Waals surface area (Å²) in [4.78, 5) is 10.8. The van der Waals surface area contributed by atoms with Gasteiger partial charge in [-0.25, -0.2) is 4.79 Å². The number of primary amides is 1. The van der Waals surface area contributed by atoms with Crippen molar-refractivity contribution < 1.29 is 4.79 Å². The minimum atomic E-state index is -0.577. The van der Waals surface area contributed by atoms with Gasteiger partial charge in [0.2, 0.25) is 0 Å². The van der Waals surface area contributed by atoms with Gasteiger partial charge in [0.25, 0.3) is 0 Å². The fraction of sp³-hybridized carbons (Fsp3) is 0. The van der Waals surface area contributed by atoms with Crippen LogP contribution in [0, 0.1) is 0 Å². The summed E-state index contributed by atoms with van der Waals surface area (Å²) in [6.07, 6.45) is 3.22. The molecule has 0 bridgehead atoms. The number of carbonyl (C=O) groups is 1. The molecule has 2 aromatic rings. The molecule has 1 aromatic heterocycles. The first-order valence-electron chi connectivity index (χ1n) is 4.17. The first-order chi connectivity index (χ1) is 6.77. The van der Waals surface area contributed by atoms with E-state index >= 15 is 0 Å². The average molecular weight is 187 g/mol. The second kappa shape index (κ2) is 3.33. The van der Waals surface area contributed by atoms with Gasteiger partial charge in [0.05, 0.1) is 6.20 Å². The third-order valence-corrected chi connectivity index (χ3v) is 1.92. The van der Waals surface area contributed by atoms with Crippen LogP contribution in [0.15, 0.2) is 42.7 Å². The normalized spacial score (nSPS) is 10.0. The molecule has 0 radical (unpaired) electrons. The van der Waals surface area contributed by atoms with E-state index in [0.29, 0.717) is 0 Å². The van der Waals surface area contributed by atoms with E-state index < -0.39 is 6.03 Å². The predicted molar refractivity (Wildman–Crippen MR) is 52.6 cm³/mol. The third kappa shape index (κ3) is 1.50. The fourth-order valence-corrected chi connectivity index (χ4v) is 1.22. The molecule has 4 heteroatoms. The standard InChI is InChI=1S/C10H9N3O/c11-10(14)13-7-9(6-12-13)8-4-2-1-3-5-8/h1-7H,(H2,11,14). The Kier molecular flexibility index (Phi) is 2.02. The minimum absolute atomic E-state index is 0.577. The topological polar surface area (TPSA) is 60.9 Å². The zero-order valence-corrected chi connectivity index (χ0v) is 7.42. The van der Waals surface area contributed by atoms with Gasteiger partial charge >= 0.3 is 6.03 Å². The van der Waals surface area contributed by atoms with Gasteiger partial charge in [-0.3, -0.25) is 0 Å². The number of aromatic nitrogens is 2. The molecule has 1 heterocycles. The van der Waals surface area contributed by atoms with Crippen molar-refractivity contribution in [2.45, 2.75) is 0 Å². The number of hydrogen-bond acceptors (Lipinski definition) is 2. The molecular weight excluding hydrogens is 178 g/mol. The number of amides is 1. The average Bonchev–Trinajstić information content (AvgIpc) is 2.68. The molecular formula is C10H9N3O. The molecule has 70 valence electrons. The van der Waals surface area contributed by atoms with Crippen molar-refractivity contribution in [2.75, 3.05) is 0 Å². The lowest BCUT2D eigenvalue weighted by Crippen LogP contribution is -2.19. The van der Waals surface area contributed by atoms with Crippen LogP contribution in [-0.2, 0) is 0 Å². The van der Waals surface area contributed by atoms with Crippen LogP contribution in [0.4, 0.5) is 4.79 Å². The lowest BCUT2D eigenvalue weighted by atomic mass is 10.1. The zero-order chi connectivity index (χ0) is 9.97. The smallest absolute Gasteiger partial charge is 0.339 e. The lowest BCUT2D eigenvalue weighted by molar-refractivity contribution is 0.247. The highest BCUT2D eigenvalue weighted by molar-refractivity contribution is 5.75. The van der Waals surface area contributed by atoms with Crippen molar-refractivity contribution in [1.29, 1.82) is 0 Å². The van der Waals surface area contributed by atoms with Crippen molar-refractivity contribution in [3.8, 4) is 11.1 Å². The Morgan fingerprint density at radius 3 is 2.50 bits per heavy atom. The number of rotatable bonds is 1.